The Morgan fingerprint density at radius 2 is 1.88 bits per heavy atom. The molecular weight excluding hydrogens is 212 g/mol. The van der Waals surface area contributed by atoms with Crippen molar-refractivity contribution in [1.82, 2.24) is 10.2 Å². The molecule has 1 aliphatic rings. The van der Waals surface area contributed by atoms with Crippen molar-refractivity contribution in [1.29, 1.82) is 0 Å². The van der Waals surface area contributed by atoms with Crippen LogP contribution in [-0.4, -0.2) is 49.3 Å². The Labute approximate surface area is 107 Å². The predicted octanol–water partition coefficient (Wildman–Crippen LogP) is 1.86. The van der Waals surface area contributed by atoms with Crippen LogP contribution in [0.25, 0.3) is 0 Å². The van der Waals surface area contributed by atoms with Crippen molar-refractivity contribution >= 4 is 0 Å². The molecule has 1 heterocycles. The van der Waals surface area contributed by atoms with Gasteiger partial charge in [-0.2, -0.15) is 0 Å². The molecule has 1 saturated heterocycles. The van der Waals surface area contributed by atoms with E-state index in [2.05, 4.69) is 17.1 Å². The van der Waals surface area contributed by atoms with Gasteiger partial charge >= 0.3 is 0 Å². The lowest BCUT2D eigenvalue weighted by Gasteiger charge is -2.27. The number of unbranched alkanes of at least 4 members (excludes halogenated alkanes) is 2. The number of hydrogen-bond donors (Lipinski definition) is 2. The van der Waals surface area contributed by atoms with Crippen molar-refractivity contribution in [2.24, 2.45) is 5.92 Å². The van der Waals surface area contributed by atoms with E-state index in [9.17, 15) is 0 Å². The average molecular weight is 242 g/mol. The molecule has 0 radical (unpaired) electrons. The Balaban J connectivity index is 1.92. The smallest absolute Gasteiger partial charge is 0.0433 e. The molecule has 0 bridgehead atoms. The molecule has 3 heteroatoms. The van der Waals surface area contributed by atoms with Crippen LogP contribution >= 0.6 is 0 Å². The van der Waals surface area contributed by atoms with E-state index in [0.29, 0.717) is 6.61 Å². The van der Waals surface area contributed by atoms with E-state index in [1.54, 1.807) is 0 Å². The molecule has 0 aromatic rings. The lowest BCUT2D eigenvalue weighted by molar-refractivity contribution is 0.231. The number of nitrogens with one attached hydrogen (secondary N) is 1. The van der Waals surface area contributed by atoms with Crippen molar-refractivity contribution in [2.75, 3.05) is 39.3 Å². The van der Waals surface area contributed by atoms with Gasteiger partial charge in [0.1, 0.15) is 0 Å². The van der Waals surface area contributed by atoms with Gasteiger partial charge in [0.2, 0.25) is 0 Å². The van der Waals surface area contributed by atoms with E-state index >= 15 is 0 Å². The van der Waals surface area contributed by atoms with Gasteiger partial charge < -0.3 is 15.3 Å². The first-order valence-corrected chi connectivity index (χ1v) is 7.40. The normalized spacial score (nSPS) is 19.4. The highest BCUT2D eigenvalue weighted by Gasteiger charge is 2.09. The minimum Gasteiger partial charge on any atom is -0.396 e. The van der Waals surface area contributed by atoms with Crippen LogP contribution in [0.4, 0.5) is 0 Å². The van der Waals surface area contributed by atoms with Crippen LogP contribution in [0.2, 0.25) is 0 Å². The van der Waals surface area contributed by atoms with E-state index < -0.39 is 0 Å². The summed E-state index contributed by atoms with van der Waals surface area (Å²) in [6.45, 7) is 8.64. The highest BCUT2D eigenvalue weighted by Crippen LogP contribution is 2.16. The molecule has 102 valence electrons. The lowest BCUT2D eigenvalue weighted by Crippen LogP contribution is -2.43. The quantitative estimate of drug-likeness (QED) is 0.606. The molecule has 1 rings (SSSR count). The Kier molecular flexibility index (Phi) is 8.67. The maximum atomic E-state index is 8.93. The lowest BCUT2D eigenvalue weighted by atomic mass is 9.95. The summed E-state index contributed by atoms with van der Waals surface area (Å²) in [6, 6.07) is 0. The van der Waals surface area contributed by atoms with E-state index in [-0.39, 0.29) is 0 Å². The summed E-state index contributed by atoms with van der Waals surface area (Å²) in [5, 5.41) is 12.3. The van der Waals surface area contributed by atoms with Gasteiger partial charge in [0.25, 0.3) is 0 Å². The average Bonchev–Trinajstić information content (AvgIpc) is 2.38. The Bertz CT molecular complexity index is 163. The van der Waals surface area contributed by atoms with Gasteiger partial charge in [0, 0.05) is 32.8 Å². The molecule has 3 nitrogen and oxygen atoms in total. The number of nitrogens with zero attached hydrogens (tertiary/aromatic N) is 1. The SMILES string of the molecule is CC[C@H](CCO)CCCCCN1CCNCC1. The van der Waals surface area contributed by atoms with Gasteiger partial charge in [-0.25, -0.2) is 0 Å². The van der Waals surface area contributed by atoms with Gasteiger partial charge in [0.05, 0.1) is 0 Å². The number of aliphatic hydroxyl groups excluding tert-OH is 1. The van der Waals surface area contributed by atoms with Gasteiger partial charge in [-0.15, -0.1) is 0 Å². The second kappa shape index (κ2) is 9.86. The zero-order chi connectivity index (χ0) is 12.3. The summed E-state index contributed by atoms with van der Waals surface area (Å²) < 4.78 is 0. The minimum absolute atomic E-state index is 0.360. The molecule has 0 amide bonds. The minimum atomic E-state index is 0.360. The number of aliphatic hydroxyl groups is 1. The maximum Gasteiger partial charge on any atom is 0.0433 e. The Hall–Kier alpha value is -0.120. The first kappa shape index (κ1) is 14.9. The van der Waals surface area contributed by atoms with Crippen molar-refractivity contribution in [3.05, 3.63) is 0 Å². The Morgan fingerprint density at radius 1 is 1.12 bits per heavy atom. The topological polar surface area (TPSA) is 35.5 Å². The van der Waals surface area contributed by atoms with Crippen molar-refractivity contribution in [2.45, 2.75) is 45.4 Å². The zero-order valence-corrected chi connectivity index (χ0v) is 11.5. The molecule has 0 aliphatic carbocycles. The van der Waals surface area contributed by atoms with Crippen LogP contribution in [0.5, 0.6) is 0 Å². The second-order valence-corrected chi connectivity index (χ2v) is 5.23. The molecule has 0 aromatic carbocycles. The molecule has 17 heavy (non-hydrogen) atoms. The van der Waals surface area contributed by atoms with E-state index in [1.807, 2.05) is 0 Å². The van der Waals surface area contributed by atoms with Crippen LogP contribution in [-0.2, 0) is 0 Å². The summed E-state index contributed by atoms with van der Waals surface area (Å²) in [4.78, 5) is 2.57. The van der Waals surface area contributed by atoms with E-state index in [0.717, 1.165) is 25.4 Å². The monoisotopic (exact) mass is 242 g/mol. The fourth-order valence-electron chi connectivity index (χ4n) is 2.62. The number of piperazine rings is 1. The highest BCUT2D eigenvalue weighted by molar-refractivity contribution is 4.67. The molecule has 0 saturated carbocycles. The van der Waals surface area contributed by atoms with Crippen LogP contribution in [0, 0.1) is 5.92 Å². The molecule has 0 aromatic heterocycles. The molecule has 2 N–H and O–H groups in total. The van der Waals surface area contributed by atoms with Gasteiger partial charge in [-0.1, -0.05) is 32.6 Å². The first-order valence-electron chi connectivity index (χ1n) is 7.40. The highest BCUT2D eigenvalue weighted by atomic mass is 16.3. The van der Waals surface area contributed by atoms with Crippen molar-refractivity contribution in [3.63, 3.8) is 0 Å². The standard InChI is InChI=1S/C14H30N2O/c1-2-14(7-13-17)6-4-3-5-10-16-11-8-15-9-12-16/h14-15,17H,2-13H2,1H3/t14-/m0/s1. The third kappa shape index (κ3) is 7.02. The van der Waals surface area contributed by atoms with E-state index in [4.69, 9.17) is 5.11 Å². The third-order valence-corrected chi connectivity index (χ3v) is 3.91. The van der Waals surface area contributed by atoms with Crippen LogP contribution < -0.4 is 5.32 Å². The molecule has 1 aliphatic heterocycles. The van der Waals surface area contributed by atoms with Crippen molar-refractivity contribution in [3.8, 4) is 0 Å². The summed E-state index contributed by atoms with van der Waals surface area (Å²) in [5.74, 6) is 0.749. The fourth-order valence-corrected chi connectivity index (χ4v) is 2.62. The first-order chi connectivity index (χ1) is 8.36. The molecule has 0 spiro atoms. The van der Waals surface area contributed by atoms with Crippen molar-refractivity contribution < 1.29 is 5.11 Å². The molecule has 1 atom stereocenters. The zero-order valence-electron chi connectivity index (χ0n) is 11.5. The fraction of sp³-hybridized carbons (Fsp3) is 1.00. The summed E-state index contributed by atoms with van der Waals surface area (Å²) in [7, 11) is 0. The summed E-state index contributed by atoms with van der Waals surface area (Å²) in [6.07, 6.45) is 7.55. The van der Waals surface area contributed by atoms with Gasteiger partial charge in [0.15, 0.2) is 0 Å². The van der Waals surface area contributed by atoms with E-state index in [1.165, 1.54) is 51.7 Å². The second-order valence-electron chi connectivity index (χ2n) is 5.23. The van der Waals surface area contributed by atoms with Gasteiger partial charge in [-0.3, -0.25) is 0 Å². The molecular formula is C14H30N2O. The van der Waals surface area contributed by atoms with Gasteiger partial charge in [-0.05, 0) is 25.3 Å². The summed E-state index contributed by atoms with van der Waals surface area (Å²) >= 11 is 0. The van der Waals surface area contributed by atoms with Crippen LogP contribution in [0.15, 0.2) is 0 Å². The number of hydrogen-bond acceptors (Lipinski definition) is 3. The third-order valence-electron chi connectivity index (χ3n) is 3.91. The molecule has 0 unspecified atom stereocenters. The van der Waals surface area contributed by atoms with Crippen LogP contribution in [0.3, 0.4) is 0 Å². The Morgan fingerprint density at radius 3 is 2.53 bits per heavy atom. The summed E-state index contributed by atoms with van der Waals surface area (Å²) in [5.41, 5.74) is 0. The maximum absolute atomic E-state index is 8.93. The number of rotatable bonds is 9. The predicted molar refractivity (Wildman–Crippen MR) is 73.3 cm³/mol. The van der Waals surface area contributed by atoms with Crippen LogP contribution in [0.1, 0.15) is 45.4 Å². The largest absolute Gasteiger partial charge is 0.396 e. The molecule has 1 fully saturated rings.